The van der Waals surface area contributed by atoms with Gasteiger partial charge < -0.3 is 20.5 Å². The summed E-state index contributed by atoms with van der Waals surface area (Å²) in [6, 6.07) is 3.57. The normalized spacial score (nSPS) is 22.6. The average molecular weight is 460 g/mol. The van der Waals surface area contributed by atoms with Crippen molar-refractivity contribution in [3.63, 3.8) is 0 Å². The van der Waals surface area contributed by atoms with Crippen LogP contribution in [0, 0.1) is 5.92 Å². The van der Waals surface area contributed by atoms with Gasteiger partial charge >= 0.3 is 5.97 Å². The molecule has 1 aromatic heterocycles. The molecule has 3 heterocycles. The molecule has 7 heteroatoms. The third-order valence-electron chi connectivity index (χ3n) is 6.99. The quantitative estimate of drug-likeness (QED) is 0.416. The minimum atomic E-state index is -0.948. The first-order valence-electron chi connectivity index (χ1n) is 12.7. The van der Waals surface area contributed by atoms with E-state index in [2.05, 4.69) is 29.7 Å². The Bertz CT molecular complexity index is 811. The second-order valence-corrected chi connectivity index (χ2v) is 10.4. The number of aryl methyl sites for hydroxylation is 1. The highest BCUT2D eigenvalue weighted by Gasteiger charge is 2.34. The highest BCUT2D eigenvalue weighted by Crippen LogP contribution is 2.30. The largest absolute Gasteiger partial charge is 0.480 e. The van der Waals surface area contributed by atoms with Crippen molar-refractivity contribution in [3.05, 3.63) is 23.4 Å². The topological polar surface area (TPSA) is 101 Å². The van der Waals surface area contributed by atoms with Crippen LogP contribution in [0.3, 0.4) is 0 Å². The second kappa shape index (κ2) is 11.8. The molecule has 0 radical (unpaired) electrons. The van der Waals surface area contributed by atoms with Gasteiger partial charge in [0.15, 0.2) is 0 Å². The molecule has 1 amide bonds. The van der Waals surface area contributed by atoms with Gasteiger partial charge in [-0.2, -0.15) is 0 Å². The van der Waals surface area contributed by atoms with Crippen molar-refractivity contribution in [1.29, 1.82) is 0 Å². The van der Waals surface area contributed by atoms with Crippen LogP contribution in [0.4, 0.5) is 5.82 Å². The van der Waals surface area contributed by atoms with Crippen molar-refractivity contribution in [3.8, 4) is 0 Å². The summed E-state index contributed by atoms with van der Waals surface area (Å²) < 4.78 is 5.66. The number of pyridine rings is 1. The third-order valence-corrected chi connectivity index (χ3v) is 6.99. The van der Waals surface area contributed by atoms with Crippen molar-refractivity contribution in [2.24, 2.45) is 5.92 Å². The Kier molecular flexibility index (Phi) is 9.12. The van der Waals surface area contributed by atoms with Crippen molar-refractivity contribution >= 4 is 17.7 Å². The van der Waals surface area contributed by atoms with E-state index in [-0.39, 0.29) is 17.4 Å². The lowest BCUT2D eigenvalue weighted by Crippen LogP contribution is -2.47. The molecule has 2 aliphatic rings. The highest BCUT2D eigenvalue weighted by atomic mass is 16.5. The molecule has 7 nitrogen and oxygen atoms in total. The van der Waals surface area contributed by atoms with Gasteiger partial charge in [-0.1, -0.05) is 38.7 Å². The Labute approximate surface area is 198 Å². The van der Waals surface area contributed by atoms with Crippen molar-refractivity contribution in [1.82, 2.24) is 10.3 Å². The smallest absolute Gasteiger partial charge is 0.326 e. The minimum Gasteiger partial charge on any atom is -0.480 e. The number of rotatable bonds is 11. The summed E-state index contributed by atoms with van der Waals surface area (Å²) in [4.78, 5) is 29.0. The SMILES string of the molecule is CC1CCNc2nc(CCCCCCC[C@H](NC(=O)C3CCOC(C)(C)C3)C(=O)O)ccc21. The maximum atomic E-state index is 12.6. The minimum absolute atomic E-state index is 0.153. The van der Waals surface area contributed by atoms with Gasteiger partial charge in [0, 0.05) is 24.8 Å². The fraction of sp³-hybridized carbons (Fsp3) is 0.731. The van der Waals surface area contributed by atoms with Gasteiger partial charge in [-0.3, -0.25) is 4.79 Å². The number of unbranched alkanes of at least 4 members (excludes halogenated alkanes) is 4. The van der Waals surface area contributed by atoms with Gasteiger partial charge in [0.1, 0.15) is 11.9 Å². The number of carboxylic acids is 1. The summed E-state index contributed by atoms with van der Waals surface area (Å²) in [5.74, 6) is 0.352. The van der Waals surface area contributed by atoms with Crippen molar-refractivity contribution in [2.45, 2.75) is 103 Å². The van der Waals surface area contributed by atoms with Crippen LogP contribution in [0.2, 0.25) is 0 Å². The van der Waals surface area contributed by atoms with Gasteiger partial charge in [-0.25, -0.2) is 9.78 Å². The Balaban J connectivity index is 1.32. The maximum absolute atomic E-state index is 12.6. The summed E-state index contributed by atoms with van der Waals surface area (Å²) >= 11 is 0. The van der Waals surface area contributed by atoms with Crippen LogP contribution in [0.15, 0.2) is 12.1 Å². The number of amides is 1. The van der Waals surface area contributed by atoms with Gasteiger partial charge in [-0.05, 0) is 69.9 Å². The summed E-state index contributed by atoms with van der Waals surface area (Å²) in [7, 11) is 0. The number of carbonyl (C=O) groups is 2. The zero-order valence-corrected chi connectivity index (χ0v) is 20.5. The lowest BCUT2D eigenvalue weighted by Gasteiger charge is -2.35. The van der Waals surface area contributed by atoms with Gasteiger partial charge in [-0.15, -0.1) is 0 Å². The van der Waals surface area contributed by atoms with E-state index < -0.39 is 12.0 Å². The van der Waals surface area contributed by atoms with E-state index in [9.17, 15) is 14.7 Å². The lowest BCUT2D eigenvalue weighted by atomic mass is 9.87. The molecule has 1 aromatic rings. The molecule has 3 N–H and O–H groups in total. The standard InChI is InChI=1S/C26H41N3O4/c1-18-13-15-27-23-21(18)12-11-20(28-23)9-7-5-4-6-8-10-22(25(31)32)29-24(30)19-14-16-33-26(2,3)17-19/h11-12,18-19,22H,4-10,13-17H2,1-3H3,(H,27,28)(H,29,30)(H,31,32)/t18?,19?,22-/m0/s1. The summed E-state index contributed by atoms with van der Waals surface area (Å²) in [5.41, 5.74) is 2.13. The first-order valence-corrected chi connectivity index (χ1v) is 12.7. The number of fused-ring (bicyclic) bond motifs is 1. The van der Waals surface area contributed by atoms with E-state index >= 15 is 0 Å². The lowest BCUT2D eigenvalue weighted by molar-refractivity contribution is -0.145. The number of nitrogens with one attached hydrogen (secondary N) is 2. The number of hydrogen-bond donors (Lipinski definition) is 3. The van der Waals surface area contributed by atoms with E-state index in [4.69, 9.17) is 9.72 Å². The first kappa shape index (κ1) is 25.5. The average Bonchev–Trinajstić information content (AvgIpc) is 2.76. The van der Waals surface area contributed by atoms with Crippen LogP contribution in [-0.2, 0) is 20.7 Å². The molecule has 3 rings (SSSR count). The summed E-state index contributed by atoms with van der Waals surface area (Å²) in [6.45, 7) is 7.74. The predicted molar refractivity (Wildman–Crippen MR) is 129 cm³/mol. The highest BCUT2D eigenvalue weighted by molar-refractivity contribution is 5.85. The molecule has 1 saturated heterocycles. The van der Waals surface area contributed by atoms with Crippen LogP contribution >= 0.6 is 0 Å². The number of ether oxygens (including phenoxy) is 1. The Morgan fingerprint density at radius 2 is 1.97 bits per heavy atom. The van der Waals surface area contributed by atoms with Crippen molar-refractivity contribution < 1.29 is 19.4 Å². The van der Waals surface area contributed by atoms with Gasteiger partial charge in [0.25, 0.3) is 0 Å². The third kappa shape index (κ3) is 7.70. The van der Waals surface area contributed by atoms with E-state index in [0.29, 0.717) is 31.8 Å². The number of aliphatic carboxylic acids is 1. The number of nitrogens with zero attached hydrogens (tertiary/aromatic N) is 1. The predicted octanol–water partition coefficient (Wildman–Crippen LogP) is 4.66. The fourth-order valence-corrected chi connectivity index (χ4v) is 4.94. The van der Waals surface area contributed by atoms with Gasteiger partial charge in [0.05, 0.1) is 5.60 Å². The molecule has 0 spiro atoms. The molecule has 0 aliphatic carbocycles. The monoisotopic (exact) mass is 459 g/mol. The molecule has 1 fully saturated rings. The van der Waals surface area contributed by atoms with Crippen LogP contribution < -0.4 is 10.6 Å². The molecule has 2 aliphatic heterocycles. The fourth-order valence-electron chi connectivity index (χ4n) is 4.94. The molecular weight excluding hydrogens is 418 g/mol. The van der Waals surface area contributed by atoms with Crippen LogP contribution in [0.5, 0.6) is 0 Å². The number of hydrogen-bond acceptors (Lipinski definition) is 5. The summed E-state index contributed by atoms with van der Waals surface area (Å²) in [5, 5.41) is 15.7. The Morgan fingerprint density at radius 3 is 2.73 bits per heavy atom. The van der Waals surface area contributed by atoms with Crippen LogP contribution in [0.25, 0.3) is 0 Å². The molecule has 33 heavy (non-hydrogen) atoms. The Morgan fingerprint density at radius 1 is 1.21 bits per heavy atom. The number of aromatic nitrogens is 1. The van der Waals surface area contributed by atoms with E-state index in [1.165, 1.54) is 5.56 Å². The number of carboxylic acid groups (broad SMARTS) is 1. The molecule has 2 unspecified atom stereocenters. The molecule has 0 bridgehead atoms. The van der Waals surface area contributed by atoms with Crippen LogP contribution in [0.1, 0.15) is 95.7 Å². The first-order chi connectivity index (χ1) is 15.7. The van der Waals surface area contributed by atoms with Crippen molar-refractivity contribution in [2.75, 3.05) is 18.5 Å². The molecular formula is C26H41N3O4. The summed E-state index contributed by atoms with van der Waals surface area (Å²) in [6.07, 6.45) is 8.90. The maximum Gasteiger partial charge on any atom is 0.326 e. The molecule has 0 aromatic carbocycles. The van der Waals surface area contributed by atoms with E-state index in [0.717, 1.165) is 63.0 Å². The molecule has 184 valence electrons. The van der Waals surface area contributed by atoms with Crippen LogP contribution in [-0.4, -0.2) is 46.8 Å². The molecule has 0 saturated carbocycles. The Hall–Kier alpha value is -2.15. The zero-order valence-electron chi connectivity index (χ0n) is 20.5. The van der Waals surface area contributed by atoms with Gasteiger partial charge in [0.2, 0.25) is 5.91 Å². The molecule has 3 atom stereocenters. The number of carbonyl (C=O) groups excluding carboxylic acids is 1. The second-order valence-electron chi connectivity index (χ2n) is 10.4. The van der Waals surface area contributed by atoms with E-state index in [1.54, 1.807) is 0 Å². The van der Waals surface area contributed by atoms with E-state index in [1.807, 2.05) is 13.8 Å². The zero-order chi connectivity index (χ0) is 23.8. The number of anilines is 1.